The lowest BCUT2D eigenvalue weighted by Crippen LogP contribution is -2.75. The first kappa shape index (κ1) is 27.4. The van der Waals surface area contributed by atoms with Crippen LogP contribution in [-0.4, -0.2) is 73.6 Å². The van der Waals surface area contributed by atoms with Crippen LogP contribution in [0, 0.1) is 0 Å². The van der Waals surface area contributed by atoms with Crippen molar-refractivity contribution in [2.75, 3.05) is 42.7 Å². The molecule has 11 heteroatoms. The van der Waals surface area contributed by atoms with Crippen LogP contribution in [0.25, 0.3) is 0 Å². The summed E-state index contributed by atoms with van der Waals surface area (Å²) < 4.78 is 49.4. The fourth-order valence-corrected chi connectivity index (χ4v) is 18.1. The summed E-state index contributed by atoms with van der Waals surface area (Å²) in [6, 6.07) is 20.8. The predicted octanol–water partition coefficient (Wildman–Crippen LogP) is 3.79. The Labute approximate surface area is 205 Å². The van der Waals surface area contributed by atoms with Crippen molar-refractivity contribution in [2.45, 2.75) is 30.7 Å². The van der Waals surface area contributed by atoms with Crippen molar-refractivity contribution in [3.05, 3.63) is 71.8 Å². The van der Waals surface area contributed by atoms with Crippen molar-refractivity contribution < 1.29 is 35.4 Å². The molecule has 1 aliphatic rings. The number of hydrogen-bond donors (Lipinski definition) is 0. The topological polar surface area (TPSA) is 73.8 Å². The second kappa shape index (κ2) is 12.1. The minimum Gasteiger partial charge on any atom is -0.384 e. The average molecular weight is 525 g/mol. The fourth-order valence-electron chi connectivity index (χ4n) is 4.64. The van der Waals surface area contributed by atoms with Crippen molar-refractivity contribution in [3.8, 4) is 0 Å². The summed E-state index contributed by atoms with van der Waals surface area (Å²) in [4.78, 5) is 0. The monoisotopic (exact) mass is 524 g/mol. The van der Waals surface area contributed by atoms with Gasteiger partial charge < -0.3 is 35.4 Å². The van der Waals surface area contributed by atoms with E-state index in [0.29, 0.717) is 12.5 Å². The molecule has 1 saturated heterocycles. The van der Waals surface area contributed by atoms with Crippen molar-refractivity contribution in [1.29, 1.82) is 0 Å². The van der Waals surface area contributed by atoms with Crippen LogP contribution < -0.4 is 0 Å². The second-order valence-electron chi connectivity index (χ2n) is 7.96. The second-order valence-corrected chi connectivity index (χ2v) is 20.0. The maximum absolute atomic E-state index is 7.11. The van der Waals surface area contributed by atoms with Crippen molar-refractivity contribution >= 4 is 25.2 Å². The van der Waals surface area contributed by atoms with E-state index in [4.69, 9.17) is 35.4 Å². The van der Waals surface area contributed by atoms with Gasteiger partial charge in [0.1, 0.15) is 5.73 Å². The molecular formula is C23H36O8Si3. The van der Waals surface area contributed by atoms with Gasteiger partial charge in [0.2, 0.25) is 0 Å². The Hall–Kier alpha value is -1.23. The largest absolute Gasteiger partial charge is 0.538 e. The Morgan fingerprint density at radius 2 is 1.21 bits per heavy atom. The van der Waals surface area contributed by atoms with E-state index in [1.54, 1.807) is 42.7 Å². The van der Waals surface area contributed by atoms with E-state index in [1.807, 2.05) is 60.7 Å². The van der Waals surface area contributed by atoms with Gasteiger partial charge in [-0.05, 0) is 30.0 Å². The first-order valence-corrected chi connectivity index (χ1v) is 17.8. The molecule has 0 radical (unpaired) electrons. The molecule has 2 atom stereocenters. The lowest BCUT2D eigenvalue weighted by molar-refractivity contribution is 0.0203. The van der Waals surface area contributed by atoms with Crippen LogP contribution >= 0.6 is 0 Å². The lowest BCUT2D eigenvalue weighted by Gasteiger charge is -2.48. The van der Waals surface area contributed by atoms with Gasteiger partial charge in [-0.1, -0.05) is 60.7 Å². The fraction of sp³-hybridized carbons (Fsp3) is 0.478. The van der Waals surface area contributed by atoms with Gasteiger partial charge in [0.05, 0.1) is 6.10 Å². The SMILES string of the molecule is CO[Si](OC)(OC)C1CCC[Si](OC(c2ccccc2)c2ccccc2)([Si](OC)(OC)OC)O1. The Bertz CT molecular complexity index is 811. The van der Waals surface area contributed by atoms with Gasteiger partial charge in [-0.25, -0.2) is 0 Å². The van der Waals surface area contributed by atoms with E-state index in [9.17, 15) is 0 Å². The zero-order valence-corrected chi connectivity index (χ0v) is 23.8. The number of benzene rings is 2. The van der Waals surface area contributed by atoms with Gasteiger partial charge in [0, 0.05) is 42.7 Å². The summed E-state index contributed by atoms with van der Waals surface area (Å²) in [6.45, 7) is 0. The molecule has 34 heavy (non-hydrogen) atoms. The van der Waals surface area contributed by atoms with Crippen LogP contribution in [0.5, 0.6) is 0 Å². The Morgan fingerprint density at radius 3 is 1.62 bits per heavy atom. The molecule has 0 amide bonds. The van der Waals surface area contributed by atoms with Crippen LogP contribution in [0.2, 0.25) is 6.04 Å². The molecule has 0 N–H and O–H groups in total. The third kappa shape index (κ3) is 5.15. The summed E-state index contributed by atoms with van der Waals surface area (Å²) in [7, 11) is -0.341. The molecule has 3 rings (SSSR count). The summed E-state index contributed by atoms with van der Waals surface area (Å²) >= 11 is 0. The highest BCUT2D eigenvalue weighted by molar-refractivity contribution is 7.29. The highest BCUT2D eigenvalue weighted by atomic mass is 29.3. The molecule has 1 aliphatic heterocycles. The van der Waals surface area contributed by atoms with Crippen LogP contribution in [0.3, 0.4) is 0 Å². The van der Waals surface area contributed by atoms with Crippen molar-refractivity contribution in [2.24, 2.45) is 0 Å². The minimum atomic E-state index is -3.40. The summed E-state index contributed by atoms with van der Waals surface area (Å²) in [5, 5.41) is 0. The zero-order chi connectivity index (χ0) is 24.7. The van der Waals surface area contributed by atoms with Crippen molar-refractivity contribution in [3.63, 3.8) is 0 Å². The van der Waals surface area contributed by atoms with Gasteiger partial charge in [-0.15, -0.1) is 0 Å². The maximum Gasteiger partial charge on any atom is 0.538 e. The highest BCUT2D eigenvalue weighted by Crippen LogP contribution is 2.42. The molecule has 188 valence electrons. The molecule has 0 aromatic heterocycles. The Kier molecular flexibility index (Phi) is 9.77. The van der Waals surface area contributed by atoms with Crippen LogP contribution in [0.4, 0.5) is 0 Å². The molecule has 0 bridgehead atoms. The molecule has 2 aromatic rings. The third-order valence-electron chi connectivity index (χ3n) is 6.34. The molecule has 1 heterocycles. The van der Waals surface area contributed by atoms with E-state index in [1.165, 1.54) is 0 Å². The average Bonchev–Trinajstić information content (AvgIpc) is 2.91. The van der Waals surface area contributed by atoms with E-state index in [2.05, 4.69) is 0 Å². The standard InChI is InChI=1S/C23H36O8Si3/c1-24-33(25-2,26-3)22-18-13-19-32(30-22,34(27-4,28-5)29-6)31-23(20-14-9-7-10-15-20)21-16-11-8-12-17-21/h7-12,14-17,22-23H,13,18-19H2,1-6H3. The molecular weight excluding hydrogens is 489 g/mol. The van der Waals surface area contributed by atoms with Gasteiger partial charge in [0.25, 0.3) is 0 Å². The maximum atomic E-state index is 7.11. The van der Waals surface area contributed by atoms with Gasteiger partial charge in [-0.3, -0.25) is 0 Å². The Morgan fingerprint density at radius 1 is 0.735 bits per heavy atom. The first-order valence-electron chi connectivity index (χ1n) is 11.3. The number of hydrogen-bond acceptors (Lipinski definition) is 8. The smallest absolute Gasteiger partial charge is 0.384 e. The van der Waals surface area contributed by atoms with Crippen LogP contribution in [-0.2, 0) is 35.4 Å². The van der Waals surface area contributed by atoms with Gasteiger partial charge >= 0.3 is 25.2 Å². The first-order chi connectivity index (χ1) is 16.5. The van der Waals surface area contributed by atoms with Crippen molar-refractivity contribution in [1.82, 2.24) is 0 Å². The number of rotatable bonds is 12. The third-order valence-corrected chi connectivity index (χ3v) is 20.4. The van der Waals surface area contributed by atoms with Crippen LogP contribution in [0.15, 0.2) is 60.7 Å². The highest BCUT2D eigenvalue weighted by Gasteiger charge is 2.72. The van der Waals surface area contributed by atoms with E-state index >= 15 is 0 Å². The van der Waals surface area contributed by atoms with Crippen LogP contribution in [0.1, 0.15) is 30.1 Å². The summed E-state index contributed by atoms with van der Waals surface area (Å²) in [5.41, 5.74) is 1.57. The molecule has 2 aromatic carbocycles. The van der Waals surface area contributed by atoms with E-state index in [0.717, 1.165) is 17.5 Å². The van der Waals surface area contributed by atoms with E-state index < -0.39 is 37.0 Å². The predicted molar refractivity (Wildman–Crippen MR) is 134 cm³/mol. The molecule has 1 fully saturated rings. The Balaban J connectivity index is 2.14. The molecule has 0 spiro atoms. The molecule has 2 unspecified atom stereocenters. The minimum absolute atomic E-state index is 0.399. The van der Waals surface area contributed by atoms with Gasteiger partial charge in [0.15, 0.2) is 0 Å². The summed E-state index contributed by atoms with van der Waals surface area (Å²) in [6.07, 6.45) is 1.12. The quantitative estimate of drug-likeness (QED) is 0.389. The summed E-state index contributed by atoms with van der Waals surface area (Å²) in [5.74, 6) is 0. The van der Waals surface area contributed by atoms with E-state index in [-0.39, 0.29) is 0 Å². The lowest BCUT2D eigenvalue weighted by atomic mass is 10.0. The van der Waals surface area contributed by atoms with Gasteiger partial charge in [-0.2, -0.15) is 0 Å². The zero-order valence-electron chi connectivity index (χ0n) is 20.8. The molecule has 0 saturated carbocycles. The molecule has 8 nitrogen and oxygen atoms in total. The normalized spacial score (nSPS) is 21.7. The molecule has 0 aliphatic carbocycles.